The first-order valence-electron chi connectivity index (χ1n) is 5.40. The van der Waals surface area contributed by atoms with Crippen LogP contribution in [0.4, 0.5) is 13.2 Å². The molecule has 1 aliphatic rings. The fourth-order valence-corrected chi connectivity index (χ4v) is 1.79. The summed E-state index contributed by atoms with van der Waals surface area (Å²) in [5, 5.41) is 0. The first-order valence-corrected chi connectivity index (χ1v) is 5.40. The van der Waals surface area contributed by atoms with Crippen molar-refractivity contribution in [1.82, 2.24) is 9.80 Å². The highest BCUT2D eigenvalue weighted by atomic mass is 19.4. The molecule has 0 aromatic carbocycles. The molecule has 0 bridgehead atoms. The molecule has 1 saturated heterocycles. The van der Waals surface area contributed by atoms with Crippen LogP contribution in [0.25, 0.3) is 0 Å². The summed E-state index contributed by atoms with van der Waals surface area (Å²) >= 11 is 0. The van der Waals surface area contributed by atoms with Crippen LogP contribution >= 0.6 is 0 Å². The van der Waals surface area contributed by atoms with Crippen molar-refractivity contribution in [2.24, 2.45) is 5.92 Å². The molecule has 0 spiro atoms. The van der Waals surface area contributed by atoms with Crippen LogP contribution in [0.2, 0.25) is 0 Å². The van der Waals surface area contributed by atoms with E-state index in [0.29, 0.717) is 13.1 Å². The molecule has 3 nitrogen and oxygen atoms in total. The van der Waals surface area contributed by atoms with Gasteiger partial charge in [-0.2, -0.15) is 13.2 Å². The van der Waals surface area contributed by atoms with Crippen molar-refractivity contribution in [1.29, 1.82) is 0 Å². The molecule has 96 valence electrons. The lowest BCUT2D eigenvalue weighted by atomic mass is 10.1. The molecule has 1 heterocycles. The molecule has 1 aliphatic heterocycles. The van der Waals surface area contributed by atoms with E-state index in [2.05, 4.69) is 9.64 Å². The van der Waals surface area contributed by atoms with Crippen molar-refractivity contribution >= 4 is 0 Å². The number of halogens is 3. The number of ether oxygens (including phenoxy) is 1. The van der Waals surface area contributed by atoms with Gasteiger partial charge in [-0.05, 0) is 7.05 Å². The van der Waals surface area contributed by atoms with Gasteiger partial charge < -0.3 is 14.5 Å². The Morgan fingerprint density at radius 1 is 1.19 bits per heavy atom. The van der Waals surface area contributed by atoms with E-state index in [1.807, 2.05) is 11.9 Å². The maximum atomic E-state index is 12.6. The summed E-state index contributed by atoms with van der Waals surface area (Å²) in [6.45, 7) is 2.86. The predicted octanol–water partition coefficient (Wildman–Crippen LogP) is 1.06. The van der Waals surface area contributed by atoms with E-state index < -0.39 is 12.1 Å². The minimum absolute atomic E-state index is 0.0468. The number of alkyl halides is 3. The van der Waals surface area contributed by atoms with Crippen LogP contribution in [0.15, 0.2) is 0 Å². The summed E-state index contributed by atoms with van der Waals surface area (Å²) in [6.07, 6.45) is -4.17. The number of rotatable bonds is 4. The van der Waals surface area contributed by atoms with Gasteiger partial charge in [-0.3, -0.25) is 0 Å². The van der Waals surface area contributed by atoms with Gasteiger partial charge in [-0.1, -0.05) is 0 Å². The molecule has 16 heavy (non-hydrogen) atoms. The Kier molecular flexibility index (Phi) is 5.01. The van der Waals surface area contributed by atoms with Crippen molar-refractivity contribution < 1.29 is 17.9 Å². The van der Waals surface area contributed by atoms with Crippen molar-refractivity contribution in [3.63, 3.8) is 0 Å². The quantitative estimate of drug-likeness (QED) is 0.730. The van der Waals surface area contributed by atoms with Crippen molar-refractivity contribution in [2.45, 2.75) is 6.18 Å². The molecule has 0 aromatic heterocycles. The molecular weight excluding hydrogens is 221 g/mol. The molecule has 1 unspecified atom stereocenters. The Morgan fingerprint density at radius 3 is 2.19 bits per heavy atom. The van der Waals surface area contributed by atoms with Crippen LogP contribution in [0.3, 0.4) is 0 Å². The Morgan fingerprint density at radius 2 is 1.75 bits per heavy atom. The lowest BCUT2D eigenvalue weighted by Crippen LogP contribution is -2.48. The molecule has 0 saturated carbocycles. The van der Waals surface area contributed by atoms with Gasteiger partial charge in [-0.25, -0.2) is 0 Å². The average Bonchev–Trinajstić information content (AvgIpc) is 2.19. The first-order chi connectivity index (χ1) is 7.43. The molecule has 1 atom stereocenters. The van der Waals surface area contributed by atoms with Gasteiger partial charge in [0.2, 0.25) is 0 Å². The Bertz CT molecular complexity index is 203. The number of methoxy groups -OCH3 is 1. The summed E-state index contributed by atoms with van der Waals surface area (Å²) in [4.78, 5) is 3.98. The van der Waals surface area contributed by atoms with E-state index in [9.17, 15) is 13.2 Å². The average molecular weight is 240 g/mol. The minimum Gasteiger partial charge on any atom is -0.384 e. The second kappa shape index (κ2) is 5.84. The summed E-state index contributed by atoms with van der Waals surface area (Å²) < 4.78 is 42.5. The number of hydrogen-bond donors (Lipinski definition) is 0. The monoisotopic (exact) mass is 240 g/mol. The number of likely N-dealkylation sites (N-methyl/N-ethyl adjacent to an activating group) is 1. The molecule has 1 fully saturated rings. The summed E-state index contributed by atoms with van der Waals surface area (Å²) in [7, 11) is 3.29. The highest BCUT2D eigenvalue weighted by molar-refractivity contribution is 4.76. The van der Waals surface area contributed by atoms with E-state index in [-0.39, 0.29) is 13.2 Å². The smallest absolute Gasteiger partial charge is 0.384 e. The number of nitrogens with zero attached hydrogens (tertiary/aromatic N) is 2. The second-order valence-electron chi connectivity index (χ2n) is 4.30. The minimum atomic E-state index is -4.17. The van der Waals surface area contributed by atoms with Gasteiger partial charge in [0.15, 0.2) is 0 Å². The third kappa shape index (κ3) is 4.27. The fraction of sp³-hybridized carbons (Fsp3) is 1.00. The number of piperazine rings is 1. The standard InChI is InChI=1S/C10H19F3N2O/c1-14-3-5-15(6-4-14)7-9(8-16-2)10(11,12)13/h9H,3-8H2,1-2H3. The van der Waals surface area contributed by atoms with Gasteiger partial charge >= 0.3 is 6.18 Å². The highest BCUT2D eigenvalue weighted by Gasteiger charge is 2.40. The van der Waals surface area contributed by atoms with Crippen molar-refractivity contribution in [3.8, 4) is 0 Å². The van der Waals surface area contributed by atoms with E-state index in [0.717, 1.165) is 13.1 Å². The summed E-state index contributed by atoms with van der Waals surface area (Å²) in [5.41, 5.74) is 0. The lowest BCUT2D eigenvalue weighted by Gasteiger charge is -2.34. The molecule has 0 N–H and O–H groups in total. The molecule has 0 amide bonds. The fourth-order valence-electron chi connectivity index (χ4n) is 1.79. The van der Waals surface area contributed by atoms with Crippen LogP contribution in [-0.2, 0) is 4.74 Å². The molecule has 6 heteroatoms. The molecule has 0 aromatic rings. The maximum absolute atomic E-state index is 12.6. The Labute approximate surface area is 94.1 Å². The van der Waals surface area contributed by atoms with E-state index >= 15 is 0 Å². The van der Waals surface area contributed by atoms with Crippen LogP contribution in [0, 0.1) is 5.92 Å². The van der Waals surface area contributed by atoms with Crippen LogP contribution < -0.4 is 0 Å². The van der Waals surface area contributed by atoms with E-state index in [4.69, 9.17) is 0 Å². The van der Waals surface area contributed by atoms with Crippen LogP contribution in [-0.4, -0.2) is 69.5 Å². The summed E-state index contributed by atoms with van der Waals surface area (Å²) in [5.74, 6) is -1.37. The SMILES string of the molecule is COCC(CN1CCN(C)CC1)C(F)(F)F. The van der Waals surface area contributed by atoms with Gasteiger partial charge in [-0.15, -0.1) is 0 Å². The van der Waals surface area contributed by atoms with Gasteiger partial charge in [0.1, 0.15) is 0 Å². The second-order valence-corrected chi connectivity index (χ2v) is 4.30. The van der Waals surface area contributed by atoms with Gasteiger partial charge in [0.05, 0.1) is 12.5 Å². The van der Waals surface area contributed by atoms with Gasteiger partial charge in [0.25, 0.3) is 0 Å². The zero-order chi connectivity index (χ0) is 12.2. The van der Waals surface area contributed by atoms with Gasteiger partial charge in [0, 0.05) is 39.8 Å². The Balaban J connectivity index is 2.42. The normalized spacial score (nSPS) is 22.3. The van der Waals surface area contributed by atoms with Crippen LogP contribution in [0.1, 0.15) is 0 Å². The molecular formula is C10H19F3N2O. The maximum Gasteiger partial charge on any atom is 0.395 e. The van der Waals surface area contributed by atoms with Crippen molar-refractivity contribution in [3.05, 3.63) is 0 Å². The Hall–Kier alpha value is -0.330. The largest absolute Gasteiger partial charge is 0.395 e. The zero-order valence-electron chi connectivity index (χ0n) is 9.76. The lowest BCUT2D eigenvalue weighted by molar-refractivity contribution is -0.191. The van der Waals surface area contributed by atoms with Crippen molar-refractivity contribution in [2.75, 3.05) is 53.5 Å². The van der Waals surface area contributed by atoms with E-state index in [1.165, 1.54) is 7.11 Å². The third-order valence-corrected chi connectivity index (χ3v) is 2.91. The van der Waals surface area contributed by atoms with E-state index in [1.54, 1.807) is 0 Å². The molecule has 0 radical (unpaired) electrons. The molecule has 0 aliphatic carbocycles. The predicted molar refractivity (Wildman–Crippen MR) is 55.4 cm³/mol. The third-order valence-electron chi connectivity index (χ3n) is 2.91. The first kappa shape index (κ1) is 13.7. The zero-order valence-corrected chi connectivity index (χ0v) is 9.76. The van der Waals surface area contributed by atoms with Crippen LogP contribution in [0.5, 0.6) is 0 Å². The number of hydrogen-bond acceptors (Lipinski definition) is 3. The molecule has 1 rings (SSSR count). The highest BCUT2D eigenvalue weighted by Crippen LogP contribution is 2.27. The topological polar surface area (TPSA) is 15.7 Å². The summed E-state index contributed by atoms with van der Waals surface area (Å²) in [6, 6.07) is 0.